The number of aromatic nitrogens is 2. The second-order valence-electron chi connectivity index (χ2n) is 3.56. The molecule has 0 aliphatic rings. The van der Waals surface area contributed by atoms with Gasteiger partial charge in [0.15, 0.2) is 4.77 Å². The van der Waals surface area contributed by atoms with Gasteiger partial charge in [-0.1, -0.05) is 25.1 Å². The molecule has 0 radical (unpaired) electrons. The number of imidazole rings is 1. The summed E-state index contributed by atoms with van der Waals surface area (Å²) in [6.07, 6.45) is 2.95. The maximum absolute atomic E-state index is 5.29. The molecule has 78 valence electrons. The predicted octanol–water partition coefficient (Wildman–Crippen LogP) is 3.41. The molecule has 1 N–H and O–H groups in total. The Labute approximate surface area is 94.6 Å². The quantitative estimate of drug-likeness (QED) is 0.766. The molecule has 1 heterocycles. The van der Waals surface area contributed by atoms with Crippen LogP contribution in [-0.4, -0.2) is 9.55 Å². The Morgan fingerprint density at radius 2 is 2.07 bits per heavy atom. The summed E-state index contributed by atoms with van der Waals surface area (Å²) < 4.78 is 2.87. The average molecular weight is 218 g/mol. The smallest absolute Gasteiger partial charge is 0.182 e. The van der Waals surface area contributed by atoms with E-state index in [0.29, 0.717) is 0 Å². The van der Waals surface area contributed by atoms with Gasteiger partial charge in [-0.15, -0.1) is 0 Å². The molecule has 1 aromatic carbocycles. The number of nitrogens with zero attached hydrogens (tertiary/aromatic N) is 1. The Morgan fingerprint density at radius 3 is 2.73 bits per heavy atom. The van der Waals surface area contributed by atoms with Crippen molar-refractivity contribution in [2.24, 2.45) is 0 Å². The fourth-order valence-electron chi connectivity index (χ4n) is 1.74. The maximum Gasteiger partial charge on any atom is 0.182 e. The lowest BCUT2D eigenvalue weighted by atomic mass is 10.2. The van der Waals surface area contributed by atoms with E-state index in [4.69, 9.17) is 12.2 Å². The second-order valence-corrected chi connectivity index (χ2v) is 3.95. The molecule has 0 atom stereocenters. The maximum atomic E-state index is 5.29. The van der Waals surface area contributed by atoms with Crippen molar-refractivity contribution in [1.29, 1.82) is 0 Å². The van der Waals surface area contributed by atoms with Gasteiger partial charge in [0.05, 0.1) is 5.69 Å². The number of aromatic amines is 1. The lowest BCUT2D eigenvalue weighted by Crippen LogP contribution is -2.00. The zero-order valence-electron chi connectivity index (χ0n) is 8.95. The van der Waals surface area contributed by atoms with Gasteiger partial charge in [0, 0.05) is 11.9 Å². The first-order chi connectivity index (χ1) is 7.24. The Balaban J connectivity index is 2.68. The molecule has 0 fully saturated rings. The van der Waals surface area contributed by atoms with E-state index in [2.05, 4.69) is 35.5 Å². The van der Waals surface area contributed by atoms with E-state index in [9.17, 15) is 0 Å². The van der Waals surface area contributed by atoms with Crippen LogP contribution in [0.25, 0.3) is 5.69 Å². The topological polar surface area (TPSA) is 20.7 Å². The van der Waals surface area contributed by atoms with Gasteiger partial charge in [-0.2, -0.15) is 0 Å². The molecule has 0 unspecified atom stereocenters. The highest BCUT2D eigenvalue weighted by atomic mass is 32.1. The number of hydrogen-bond acceptors (Lipinski definition) is 1. The minimum Gasteiger partial charge on any atom is -0.337 e. The summed E-state index contributed by atoms with van der Waals surface area (Å²) in [5, 5.41) is 0. The molecule has 0 saturated heterocycles. The molecule has 0 aliphatic carbocycles. The Kier molecular flexibility index (Phi) is 2.73. The number of nitrogens with one attached hydrogen (secondary N) is 1. The van der Waals surface area contributed by atoms with Crippen molar-refractivity contribution in [3.05, 3.63) is 46.5 Å². The number of para-hydroxylation sites is 1. The minimum absolute atomic E-state index is 0.765. The first-order valence-electron chi connectivity index (χ1n) is 5.09. The highest BCUT2D eigenvalue weighted by Crippen LogP contribution is 2.16. The predicted molar refractivity (Wildman–Crippen MR) is 65.1 cm³/mol. The molecule has 0 spiro atoms. The van der Waals surface area contributed by atoms with Crippen LogP contribution in [0.3, 0.4) is 0 Å². The summed E-state index contributed by atoms with van der Waals surface area (Å²) >= 11 is 5.29. The summed E-state index contributed by atoms with van der Waals surface area (Å²) in [7, 11) is 0. The monoisotopic (exact) mass is 218 g/mol. The van der Waals surface area contributed by atoms with Gasteiger partial charge in [-0.25, -0.2) is 0 Å². The van der Waals surface area contributed by atoms with Crippen molar-refractivity contribution >= 4 is 12.2 Å². The number of H-pyrrole nitrogens is 1. The van der Waals surface area contributed by atoms with Crippen LogP contribution in [0.4, 0.5) is 0 Å². The number of benzene rings is 1. The van der Waals surface area contributed by atoms with Crippen molar-refractivity contribution in [1.82, 2.24) is 9.55 Å². The van der Waals surface area contributed by atoms with Gasteiger partial charge in [0.1, 0.15) is 0 Å². The summed E-state index contributed by atoms with van der Waals surface area (Å²) in [4.78, 5) is 3.09. The van der Waals surface area contributed by atoms with E-state index in [1.807, 2.05) is 18.3 Å². The molecular weight excluding hydrogens is 204 g/mol. The molecule has 0 amide bonds. The van der Waals surface area contributed by atoms with Gasteiger partial charge in [0.2, 0.25) is 0 Å². The Hall–Kier alpha value is -1.35. The van der Waals surface area contributed by atoms with Crippen LogP contribution in [0.1, 0.15) is 18.2 Å². The van der Waals surface area contributed by atoms with Crippen molar-refractivity contribution in [2.75, 3.05) is 0 Å². The highest BCUT2D eigenvalue weighted by Gasteiger charge is 2.05. The van der Waals surface area contributed by atoms with Crippen molar-refractivity contribution < 1.29 is 0 Å². The Bertz CT molecular complexity index is 522. The summed E-state index contributed by atoms with van der Waals surface area (Å²) in [5.41, 5.74) is 3.62. The molecule has 0 saturated carbocycles. The third-order valence-electron chi connectivity index (χ3n) is 2.57. The molecule has 0 aliphatic heterocycles. The van der Waals surface area contributed by atoms with Crippen LogP contribution in [0.2, 0.25) is 0 Å². The van der Waals surface area contributed by atoms with E-state index in [-0.39, 0.29) is 0 Å². The minimum atomic E-state index is 0.765. The average Bonchev–Trinajstić information content (AvgIpc) is 2.60. The van der Waals surface area contributed by atoms with E-state index < -0.39 is 0 Å². The fraction of sp³-hybridized carbons (Fsp3) is 0.250. The highest BCUT2D eigenvalue weighted by molar-refractivity contribution is 7.71. The molecule has 1 aromatic heterocycles. The lowest BCUT2D eigenvalue weighted by molar-refractivity contribution is 0.915. The summed E-state index contributed by atoms with van der Waals surface area (Å²) in [5.74, 6) is 0. The molecule has 0 bridgehead atoms. The SMILES string of the molecule is CCc1c[nH]c(=S)n1-c1ccccc1C. The van der Waals surface area contributed by atoms with Crippen LogP contribution in [0.5, 0.6) is 0 Å². The summed E-state index contributed by atoms with van der Waals surface area (Å²) in [6, 6.07) is 8.28. The fourth-order valence-corrected chi connectivity index (χ4v) is 2.02. The number of rotatable bonds is 2. The van der Waals surface area contributed by atoms with Crippen LogP contribution in [0.15, 0.2) is 30.5 Å². The molecular formula is C12H14N2S. The third-order valence-corrected chi connectivity index (χ3v) is 2.87. The van der Waals surface area contributed by atoms with E-state index in [0.717, 1.165) is 11.2 Å². The van der Waals surface area contributed by atoms with Gasteiger partial charge in [-0.05, 0) is 37.2 Å². The molecule has 15 heavy (non-hydrogen) atoms. The van der Waals surface area contributed by atoms with Gasteiger partial charge in [-0.3, -0.25) is 4.57 Å². The largest absolute Gasteiger partial charge is 0.337 e. The summed E-state index contributed by atoms with van der Waals surface area (Å²) in [6.45, 7) is 4.23. The van der Waals surface area contributed by atoms with Crippen molar-refractivity contribution in [3.8, 4) is 5.69 Å². The van der Waals surface area contributed by atoms with E-state index in [1.54, 1.807) is 0 Å². The lowest BCUT2D eigenvalue weighted by Gasteiger charge is -2.09. The van der Waals surface area contributed by atoms with Crippen molar-refractivity contribution in [3.63, 3.8) is 0 Å². The molecule has 2 nitrogen and oxygen atoms in total. The first kappa shape index (κ1) is 10.2. The number of aryl methyl sites for hydroxylation is 2. The van der Waals surface area contributed by atoms with Crippen LogP contribution in [-0.2, 0) is 6.42 Å². The van der Waals surface area contributed by atoms with Crippen LogP contribution >= 0.6 is 12.2 Å². The molecule has 3 heteroatoms. The molecule has 2 rings (SSSR count). The van der Waals surface area contributed by atoms with Gasteiger partial charge >= 0.3 is 0 Å². The van der Waals surface area contributed by atoms with Gasteiger partial charge < -0.3 is 4.98 Å². The Morgan fingerprint density at radius 1 is 1.33 bits per heavy atom. The molecule has 2 aromatic rings. The third kappa shape index (κ3) is 1.75. The van der Waals surface area contributed by atoms with Gasteiger partial charge in [0.25, 0.3) is 0 Å². The van der Waals surface area contributed by atoms with E-state index in [1.165, 1.54) is 16.9 Å². The normalized spacial score (nSPS) is 10.5. The first-order valence-corrected chi connectivity index (χ1v) is 5.50. The van der Waals surface area contributed by atoms with Crippen molar-refractivity contribution in [2.45, 2.75) is 20.3 Å². The number of hydrogen-bond donors (Lipinski definition) is 1. The standard InChI is InChI=1S/C12H14N2S/c1-3-10-8-13-12(15)14(10)11-7-5-4-6-9(11)2/h4-8H,3H2,1-2H3,(H,13,15). The second kappa shape index (κ2) is 4.03. The van der Waals surface area contributed by atoms with E-state index >= 15 is 0 Å². The van der Waals surface area contributed by atoms with Crippen LogP contribution < -0.4 is 0 Å². The van der Waals surface area contributed by atoms with Crippen LogP contribution in [0, 0.1) is 11.7 Å². The zero-order valence-corrected chi connectivity index (χ0v) is 9.77. The zero-order chi connectivity index (χ0) is 10.8.